The second kappa shape index (κ2) is 5.61. The highest BCUT2D eigenvalue weighted by Gasteiger charge is 2.01. The topological polar surface area (TPSA) is 31.4 Å². The molecule has 0 aliphatic carbocycles. The summed E-state index contributed by atoms with van der Waals surface area (Å²) >= 11 is 0. The number of aromatic nitrogens is 1. The molecule has 3 nitrogen and oxygen atoms in total. The predicted molar refractivity (Wildman–Crippen MR) is 79.1 cm³/mol. The summed E-state index contributed by atoms with van der Waals surface area (Å²) in [5.74, 6) is 1.42. The van der Waals surface area contributed by atoms with Crippen LogP contribution in [0.25, 0.3) is 10.9 Å². The molecule has 1 aromatic heterocycles. The third-order valence-electron chi connectivity index (χ3n) is 3.10. The zero-order valence-electron chi connectivity index (χ0n) is 11.2. The first kappa shape index (κ1) is 12.5. The molecule has 0 fully saturated rings. The van der Waals surface area contributed by atoms with Crippen molar-refractivity contribution in [2.75, 3.05) is 7.11 Å². The lowest BCUT2D eigenvalue weighted by Crippen LogP contribution is -1.95. The Bertz CT molecular complexity index is 711. The van der Waals surface area contributed by atoms with Crippen LogP contribution in [0.4, 0.5) is 0 Å². The van der Waals surface area contributed by atoms with E-state index in [1.165, 1.54) is 0 Å². The normalized spacial score (nSPS) is 10.4. The summed E-state index contributed by atoms with van der Waals surface area (Å²) in [6.07, 6.45) is 0. The van der Waals surface area contributed by atoms with Crippen molar-refractivity contribution in [3.63, 3.8) is 0 Å². The predicted octanol–water partition coefficient (Wildman–Crippen LogP) is 3.82. The fourth-order valence-corrected chi connectivity index (χ4v) is 2.02. The molecule has 0 bridgehead atoms. The van der Waals surface area contributed by atoms with Crippen LogP contribution in [0.1, 0.15) is 5.56 Å². The minimum absolute atomic E-state index is 0.552. The van der Waals surface area contributed by atoms with E-state index in [-0.39, 0.29) is 0 Å². The van der Waals surface area contributed by atoms with Crippen molar-refractivity contribution in [3.8, 4) is 11.6 Å². The number of rotatable bonds is 4. The molecule has 0 spiro atoms. The maximum Gasteiger partial charge on any atom is 0.213 e. The van der Waals surface area contributed by atoms with Crippen LogP contribution < -0.4 is 9.47 Å². The monoisotopic (exact) mass is 265 g/mol. The van der Waals surface area contributed by atoms with Gasteiger partial charge < -0.3 is 9.47 Å². The molecule has 0 aliphatic heterocycles. The number of pyridine rings is 1. The van der Waals surface area contributed by atoms with Gasteiger partial charge in [-0.25, -0.2) is 4.98 Å². The van der Waals surface area contributed by atoms with Crippen molar-refractivity contribution in [1.82, 2.24) is 4.98 Å². The van der Waals surface area contributed by atoms with Crippen molar-refractivity contribution in [2.45, 2.75) is 6.61 Å². The van der Waals surface area contributed by atoms with Crippen LogP contribution in [0.15, 0.2) is 60.7 Å². The molecule has 0 N–H and O–H groups in total. The van der Waals surface area contributed by atoms with E-state index in [1.54, 1.807) is 7.11 Å². The van der Waals surface area contributed by atoms with Crippen LogP contribution in [0.5, 0.6) is 11.6 Å². The van der Waals surface area contributed by atoms with Crippen molar-refractivity contribution < 1.29 is 9.47 Å². The van der Waals surface area contributed by atoms with Gasteiger partial charge in [0.15, 0.2) is 0 Å². The quantitative estimate of drug-likeness (QED) is 0.718. The SMILES string of the molecule is COc1ccc2ccc(OCc3ccccc3)cc2n1. The molecule has 0 aliphatic rings. The third-order valence-corrected chi connectivity index (χ3v) is 3.10. The van der Waals surface area contributed by atoms with E-state index in [4.69, 9.17) is 9.47 Å². The molecule has 3 aromatic rings. The number of nitrogens with zero attached hydrogens (tertiary/aromatic N) is 1. The molecule has 0 saturated heterocycles. The van der Waals surface area contributed by atoms with Gasteiger partial charge in [0.2, 0.25) is 5.88 Å². The Labute approximate surface area is 117 Å². The van der Waals surface area contributed by atoms with Gasteiger partial charge in [0.05, 0.1) is 12.6 Å². The minimum atomic E-state index is 0.552. The number of benzene rings is 2. The number of ether oxygens (including phenoxy) is 2. The molecule has 0 saturated carbocycles. The van der Waals surface area contributed by atoms with E-state index in [1.807, 2.05) is 60.7 Å². The molecule has 1 heterocycles. The van der Waals surface area contributed by atoms with Crippen LogP contribution >= 0.6 is 0 Å². The van der Waals surface area contributed by atoms with Crippen molar-refractivity contribution in [1.29, 1.82) is 0 Å². The Kier molecular flexibility index (Phi) is 3.50. The average molecular weight is 265 g/mol. The fourth-order valence-electron chi connectivity index (χ4n) is 2.02. The van der Waals surface area contributed by atoms with Gasteiger partial charge in [-0.15, -0.1) is 0 Å². The lowest BCUT2D eigenvalue weighted by molar-refractivity contribution is 0.306. The lowest BCUT2D eigenvalue weighted by atomic mass is 10.2. The highest BCUT2D eigenvalue weighted by atomic mass is 16.5. The maximum atomic E-state index is 5.79. The van der Waals surface area contributed by atoms with Crippen LogP contribution in [-0.2, 0) is 6.61 Å². The summed E-state index contributed by atoms with van der Waals surface area (Å²) in [6, 6.07) is 19.8. The van der Waals surface area contributed by atoms with Crippen LogP contribution in [0.2, 0.25) is 0 Å². The molecule has 0 amide bonds. The first-order chi connectivity index (χ1) is 9.85. The van der Waals surface area contributed by atoms with Crippen molar-refractivity contribution in [3.05, 3.63) is 66.2 Å². The third kappa shape index (κ3) is 2.72. The molecule has 2 aromatic carbocycles. The molecule has 3 rings (SSSR count). The average Bonchev–Trinajstić information content (AvgIpc) is 2.53. The van der Waals surface area contributed by atoms with Crippen molar-refractivity contribution >= 4 is 10.9 Å². The first-order valence-corrected chi connectivity index (χ1v) is 6.47. The highest BCUT2D eigenvalue weighted by Crippen LogP contribution is 2.22. The van der Waals surface area contributed by atoms with Gasteiger partial charge >= 0.3 is 0 Å². The first-order valence-electron chi connectivity index (χ1n) is 6.47. The van der Waals surface area contributed by atoms with Crippen molar-refractivity contribution in [2.24, 2.45) is 0 Å². The molecular weight excluding hydrogens is 250 g/mol. The summed E-state index contributed by atoms with van der Waals surface area (Å²) < 4.78 is 10.9. The van der Waals surface area contributed by atoms with Gasteiger partial charge in [0.1, 0.15) is 12.4 Å². The number of methoxy groups -OCH3 is 1. The second-order valence-electron chi connectivity index (χ2n) is 4.48. The molecule has 3 heteroatoms. The summed E-state index contributed by atoms with van der Waals surface area (Å²) in [5, 5.41) is 1.07. The van der Waals surface area contributed by atoms with E-state index in [0.717, 1.165) is 22.2 Å². The Hall–Kier alpha value is -2.55. The van der Waals surface area contributed by atoms with Crippen LogP contribution in [0, 0.1) is 0 Å². The van der Waals surface area contributed by atoms with Gasteiger partial charge in [-0.2, -0.15) is 0 Å². The summed E-state index contributed by atoms with van der Waals surface area (Å²) in [4.78, 5) is 4.41. The van der Waals surface area contributed by atoms with E-state index in [9.17, 15) is 0 Å². The van der Waals surface area contributed by atoms with Gasteiger partial charge in [-0.05, 0) is 23.8 Å². The fraction of sp³-hybridized carbons (Fsp3) is 0.118. The Morgan fingerprint density at radius 2 is 1.75 bits per heavy atom. The molecule has 100 valence electrons. The van der Waals surface area contributed by atoms with E-state index >= 15 is 0 Å². The second-order valence-corrected chi connectivity index (χ2v) is 4.48. The van der Waals surface area contributed by atoms with E-state index in [2.05, 4.69) is 4.98 Å². The minimum Gasteiger partial charge on any atom is -0.489 e. The van der Waals surface area contributed by atoms with E-state index in [0.29, 0.717) is 12.5 Å². The number of hydrogen-bond donors (Lipinski definition) is 0. The van der Waals surface area contributed by atoms with Crippen LogP contribution in [0.3, 0.4) is 0 Å². The van der Waals surface area contributed by atoms with Gasteiger partial charge in [0.25, 0.3) is 0 Å². The summed E-state index contributed by atoms with van der Waals surface area (Å²) in [7, 11) is 1.62. The Morgan fingerprint density at radius 3 is 2.55 bits per heavy atom. The van der Waals surface area contributed by atoms with E-state index < -0.39 is 0 Å². The lowest BCUT2D eigenvalue weighted by Gasteiger charge is -2.07. The zero-order valence-corrected chi connectivity index (χ0v) is 11.2. The summed E-state index contributed by atoms with van der Waals surface area (Å²) in [6.45, 7) is 0.552. The highest BCUT2D eigenvalue weighted by molar-refractivity contribution is 5.80. The largest absolute Gasteiger partial charge is 0.489 e. The van der Waals surface area contributed by atoms with Gasteiger partial charge in [-0.1, -0.05) is 30.3 Å². The molecule has 0 unspecified atom stereocenters. The standard InChI is InChI=1S/C17H15NO2/c1-19-17-10-8-14-7-9-15(11-16(14)18-17)20-12-13-5-3-2-4-6-13/h2-11H,12H2,1H3. The van der Waals surface area contributed by atoms with Crippen LogP contribution in [-0.4, -0.2) is 12.1 Å². The smallest absolute Gasteiger partial charge is 0.213 e. The molecular formula is C17H15NO2. The zero-order chi connectivity index (χ0) is 13.8. The number of hydrogen-bond acceptors (Lipinski definition) is 3. The Morgan fingerprint density at radius 1 is 0.950 bits per heavy atom. The Balaban J connectivity index is 1.81. The summed E-state index contributed by atoms with van der Waals surface area (Å²) in [5.41, 5.74) is 2.01. The molecule has 20 heavy (non-hydrogen) atoms. The number of fused-ring (bicyclic) bond motifs is 1. The van der Waals surface area contributed by atoms with Gasteiger partial charge in [0, 0.05) is 17.5 Å². The molecule has 0 atom stereocenters. The van der Waals surface area contributed by atoms with Gasteiger partial charge in [-0.3, -0.25) is 0 Å². The molecule has 0 radical (unpaired) electrons. The maximum absolute atomic E-state index is 5.79.